The van der Waals surface area contributed by atoms with Crippen molar-refractivity contribution in [2.45, 2.75) is 44.7 Å². The highest BCUT2D eigenvalue weighted by Gasteiger charge is 2.29. The molecule has 204 valence electrons. The lowest BCUT2D eigenvalue weighted by atomic mass is 10.0. The van der Waals surface area contributed by atoms with Gasteiger partial charge in [0.1, 0.15) is 12.4 Å². The number of likely N-dealkylation sites (tertiary alicyclic amines) is 1. The molecule has 1 N–H and O–H groups in total. The Morgan fingerprint density at radius 1 is 1.03 bits per heavy atom. The molecule has 2 saturated heterocycles. The van der Waals surface area contributed by atoms with Gasteiger partial charge >= 0.3 is 6.01 Å². The largest absolute Gasteiger partial charge is 0.462 e. The van der Waals surface area contributed by atoms with Crippen molar-refractivity contribution in [1.82, 2.24) is 20.2 Å². The minimum atomic E-state index is 0.135. The second kappa shape index (κ2) is 12.0. The van der Waals surface area contributed by atoms with Crippen LogP contribution in [0.4, 0.5) is 11.5 Å². The molecule has 6 rings (SSSR count). The first kappa shape index (κ1) is 26.1. The summed E-state index contributed by atoms with van der Waals surface area (Å²) in [6.07, 6.45) is 5.18. The van der Waals surface area contributed by atoms with Crippen LogP contribution in [0.1, 0.15) is 36.9 Å². The Hall–Kier alpha value is -3.12. The number of piperidine rings is 1. The molecule has 0 bridgehead atoms. The number of ether oxygens (including phenoxy) is 1. The standard InChI is InChI=1S/C30H36ClN7O/c31-25-8-4-6-22-7-5-9-27(28(22)25)37-16-11-24-26(21-37)34-30(39-19-18-36-14-2-1-3-15-36)35-29(24)38-17-13-33-23(20-38)10-12-32/h4-9,23,33H,1-3,10-11,13-21H2/t23-/m0/s1. The van der Waals surface area contributed by atoms with Crippen molar-refractivity contribution in [1.29, 1.82) is 5.26 Å². The molecule has 3 aliphatic rings. The fraction of sp³-hybridized carbons (Fsp3) is 0.500. The molecule has 8 nitrogen and oxygen atoms in total. The van der Waals surface area contributed by atoms with E-state index in [1.165, 1.54) is 24.8 Å². The van der Waals surface area contributed by atoms with Crippen LogP contribution in [0.15, 0.2) is 36.4 Å². The molecule has 3 aliphatic heterocycles. The number of benzene rings is 2. The lowest BCUT2D eigenvalue weighted by Crippen LogP contribution is -2.51. The first-order valence-electron chi connectivity index (χ1n) is 14.2. The van der Waals surface area contributed by atoms with Gasteiger partial charge in [0.25, 0.3) is 0 Å². The van der Waals surface area contributed by atoms with Gasteiger partial charge in [-0.25, -0.2) is 0 Å². The Labute approximate surface area is 235 Å². The SMILES string of the molecule is N#CC[C@H]1CN(c2nc(OCCN3CCCCC3)nc3c2CCN(c2cccc4cccc(Cl)c24)C3)CCN1. The van der Waals surface area contributed by atoms with Gasteiger partial charge in [-0.05, 0) is 49.9 Å². The Morgan fingerprint density at radius 3 is 2.72 bits per heavy atom. The molecular weight excluding hydrogens is 510 g/mol. The van der Waals surface area contributed by atoms with E-state index < -0.39 is 0 Å². The van der Waals surface area contributed by atoms with E-state index in [4.69, 9.17) is 26.3 Å². The van der Waals surface area contributed by atoms with Crippen molar-refractivity contribution in [3.63, 3.8) is 0 Å². The van der Waals surface area contributed by atoms with Crippen molar-refractivity contribution in [3.8, 4) is 12.1 Å². The Kier molecular flexibility index (Phi) is 8.00. The molecule has 0 aliphatic carbocycles. The van der Waals surface area contributed by atoms with Gasteiger partial charge in [-0.15, -0.1) is 0 Å². The quantitative estimate of drug-likeness (QED) is 0.468. The molecule has 4 heterocycles. The van der Waals surface area contributed by atoms with Gasteiger partial charge in [-0.2, -0.15) is 15.2 Å². The molecule has 0 unspecified atom stereocenters. The summed E-state index contributed by atoms with van der Waals surface area (Å²) in [5.41, 5.74) is 3.34. The number of nitriles is 1. The van der Waals surface area contributed by atoms with E-state index in [9.17, 15) is 5.26 Å². The van der Waals surface area contributed by atoms with Crippen LogP contribution >= 0.6 is 11.6 Å². The first-order valence-corrected chi connectivity index (χ1v) is 14.6. The highest BCUT2D eigenvalue weighted by atomic mass is 35.5. The number of halogens is 1. The van der Waals surface area contributed by atoms with E-state index in [-0.39, 0.29) is 6.04 Å². The van der Waals surface area contributed by atoms with Gasteiger partial charge in [0.2, 0.25) is 0 Å². The average Bonchev–Trinajstić information content (AvgIpc) is 2.97. The smallest absolute Gasteiger partial charge is 0.318 e. The van der Waals surface area contributed by atoms with Crippen molar-refractivity contribution >= 4 is 33.9 Å². The zero-order valence-corrected chi connectivity index (χ0v) is 23.2. The molecular formula is C30H36ClN7O. The maximum absolute atomic E-state index is 9.28. The van der Waals surface area contributed by atoms with E-state index in [2.05, 4.69) is 50.4 Å². The Bertz CT molecular complexity index is 1350. The zero-order valence-electron chi connectivity index (χ0n) is 22.4. The van der Waals surface area contributed by atoms with Crippen LogP contribution in [0, 0.1) is 11.3 Å². The lowest BCUT2D eigenvalue weighted by Gasteiger charge is -2.37. The van der Waals surface area contributed by atoms with E-state index in [1.807, 2.05) is 12.1 Å². The lowest BCUT2D eigenvalue weighted by molar-refractivity contribution is 0.177. The molecule has 0 spiro atoms. The van der Waals surface area contributed by atoms with Crippen LogP contribution in [-0.4, -0.2) is 73.3 Å². The van der Waals surface area contributed by atoms with E-state index in [1.54, 1.807) is 0 Å². The number of fused-ring (bicyclic) bond motifs is 2. The summed E-state index contributed by atoms with van der Waals surface area (Å²) < 4.78 is 6.21. The number of rotatable bonds is 7. The number of hydrogen-bond donors (Lipinski definition) is 1. The topological polar surface area (TPSA) is 80.5 Å². The molecule has 0 amide bonds. The number of nitrogens with one attached hydrogen (secondary N) is 1. The van der Waals surface area contributed by atoms with Crippen LogP contribution in [0.3, 0.4) is 0 Å². The van der Waals surface area contributed by atoms with Crippen molar-refractivity contribution < 1.29 is 4.74 Å². The maximum Gasteiger partial charge on any atom is 0.318 e. The maximum atomic E-state index is 9.28. The molecule has 1 atom stereocenters. The summed E-state index contributed by atoms with van der Waals surface area (Å²) in [4.78, 5) is 17.1. The molecule has 3 aromatic rings. The van der Waals surface area contributed by atoms with Crippen LogP contribution in [0.2, 0.25) is 5.02 Å². The third-order valence-corrected chi connectivity index (χ3v) is 8.49. The summed E-state index contributed by atoms with van der Waals surface area (Å²) in [5, 5.41) is 15.7. The summed E-state index contributed by atoms with van der Waals surface area (Å²) in [6.45, 7) is 7.73. The predicted octanol–water partition coefficient (Wildman–Crippen LogP) is 4.40. The molecule has 2 fully saturated rings. The molecule has 39 heavy (non-hydrogen) atoms. The highest BCUT2D eigenvalue weighted by Crippen LogP contribution is 2.37. The fourth-order valence-corrected chi connectivity index (χ4v) is 6.45. The van der Waals surface area contributed by atoms with E-state index in [0.717, 1.165) is 85.2 Å². The Balaban J connectivity index is 1.29. The molecule has 2 aromatic carbocycles. The molecule has 1 aromatic heterocycles. The number of nitrogens with zero attached hydrogens (tertiary/aromatic N) is 6. The number of aromatic nitrogens is 2. The molecule has 0 radical (unpaired) electrons. The summed E-state index contributed by atoms with van der Waals surface area (Å²) in [5.74, 6) is 0.966. The van der Waals surface area contributed by atoms with Crippen LogP contribution in [-0.2, 0) is 13.0 Å². The first-order chi connectivity index (χ1) is 19.2. The summed E-state index contributed by atoms with van der Waals surface area (Å²) >= 11 is 6.68. The van der Waals surface area contributed by atoms with E-state index >= 15 is 0 Å². The second-order valence-electron chi connectivity index (χ2n) is 10.8. The number of piperazine rings is 1. The zero-order chi connectivity index (χ0) is 26.6. The van der Waals surface area contributed by atoms with E-state index in [0.29, 0.717) is 25.6 Å². The Morgan fingerprint density at radius 2 is 1.87 bits per heavy atom. The van der Waals surface area contributed by atoms with Crippen LogP contribution < -0.4 is 19.9 Å². The summed E-state index contributed by atoms with van der Waals surface area (Å²) in [6, 6.07) is 15.3. The van der Waals surface area contributed by atoms with Crippen molar-refractivity contribution in [2.24, 2.45) is 0 Å². The number of hydrogen-bond acceptors (Lipinski definition) is 8. The minimum Gasteiger partial charge on any atom is -0.462 e. The number of anilines is 2. The average molecular weight is 546 g/mol. The third-order valence-electron chi connectivity index (χ3n) is 8.18. The minimum absolute atomic E-state index is 0.135. The van der Waals surface area contributed by atoms with Gasteiger partial charge in [-0.1, -0.05) is 42.3 Å². The normalized spacial score (nSPS) is 20.1. The van der Waals surface area contributed by atoms with Crippen molar-refractivity contribution in [2.75, 3.05) is 62.2 Å². The second-order valence-corrected chi connectivity index (χ2v) is 11.2. The predicted molar refractivity (Wildman–Crippen MR) is 156 cm³/mol. The monoisotopic (exact) mass is 545 g/mol. The van der Waals surface area contributed by atoms with Gasteiger partial charge in [-0.3, -0.25) is 4.90 Å². The van der Waals surface area contributed by atoms with Gasteiger partial charge in [0.05, 0.1) is 29.8 Å². The van der Waals surface area contributed by atoms with Crippen LogP contribution in [0.25, 0.3) is 10.8 Å². The van der Waals surface area contributed by atoms with Crippen LogP contribution in [0.5, 0.6) is 6.01 Å². The third kappa shape index (κ3) is 5.76. The molecule has 0 saturated carbocycles. The molecule has 9 heteroatoms. The van der Waals surface area contributed by atoms with Gasteiger partial charge in [0, 0.05) is 55.4 Å². The van der Waals surface area contributed by atoms with Gasteiger partial charge in [0.15, 0.2) is 0 Å². The fourth-order valence-electron chi connectivity index (χ4n) is 6.17. The summed E-state index contributed by atoms with van der Waals surface area (Å²) in [7, 11) is 0. The van der Waals surface area contributed by atoms with Crippen molar-refractivity contribution in [3.05, 3.63) is 52.7 Å². The highest BCUT2D eigenvalue weighted by molar-refractivity contribution is 6.36. The van der Waals surface area contributed by atoms with Gasteiger partial charge < -0.3 is 19.9 Å².